The van der Waals surface area contributed by atoms with Crippen LogP contribution in [0.4, 0.5) is 0 Å². The summed E-state index contributed by atoms with van der Waals surface area (Å²) in [5.74, 6) is -0.651. The monoisotopic (exact) mass is 525 g/mol. The molecular weight excluding hydrogens is 494 g/mol. The number of aliphatic carboxylic acids is 1. The Balaban J connectivity index is 1.51. The van der Waals surface area contributed by atoms with E-state index in [1.807, 2.05) is 66.7 Å². The lowest BCUT2D eigenvalue weighted by Crippen LogP contribution is -2.44. The standard InChI is InChI=1S/C32H31NO6/c1-37-30(26-15-9-4-10-16-26)31(34)33-27(32(35)36)19-25-17-18-28(38-21-23-11-5-2-6-12-23)29(20-25)39-22-24-13-7-3-8-14-24/h2-18,20,27,30H,19,21-22H2,1H3,(H,33,34)(H,35,36)/t27-,30+/m0/s1. The number of carbonyl (C=O) groups excluding carboxylic acids is 1. The first kappa shape index (κ1) is 27.4. The van der Waals surface area contributed by atoms with Gasteiger partial charge in [0.25, 0.3) is 5.91 Å². The number of methoxy groups -OCH3 is 1. The van der Waals surface area contributed by atoms with Crippen LogP contribution in [0.25, 0.3) is 0 Å². The van der Waals surface area contributed by atoms with Gasteiger partial charge in [-0.3, -0.25) is 4.79 Å². The molecule has 0 bridgehead atoms. The lowest BCUT2D eigenvalue weighted by atomic mass is 10.0. The van der Waals surface area contributed by atoms with Gasteiger partial charge in [-0.05, 0) is 34.4 Å². The summed E-state index contributed by atoms with van der Waals surface area (Å²) in [4.78, 5) is 25.0. The average molecular weight is 526 g/mol. The van der Waals surface area contributed by atoms with E-state index in [0.29, 0.717) is 35.8 Å². The maximum Gasteiger partial charge on any atom is 0.326 e. The zero-order valence-electron chi connectivity index (χ0n) is 21.7. The van der Waals surface area contributed by atoms with Gasteiger partial charge in [0.2, 0.25) is 0 Å². The Morgan fingerprint density at radius 1 is 0.718 bits per heavy atom. The zero-order valence-corrected chi connectivity index (χ0v) is 21.7. The molecule has 200 valence electrons. The van der Waals surface area contributed by atoms with Crippen molar-refractivity contribution in [2.75, 3.05) is 7.11 Å². The van der Waals surface area contributed by atoms with E-state index in [1.54, 1.807) is 42.5 Å². The third-order valence-electron chi connectivity index (χ3n) is 6.11. The molecule has 0 spiro atoms. The molecule has 4 aromatic rings. The van der Waals surface area contributed by atoms with Crippen molar-refractivity contribution in [1.82, 2.24) is 5.32 Å². The highest BCUT2D eigenvalue weighted by molar-refractivity contribution is 5.87. The van der Waals surface area contributed by atoms with Gasteiger partial charge in [0.15, 0.2) is 17.6 Å². The molecule has 0 aliphatic heterocycles. The minimum atomic E-state index is -1.17. The number of carbonyl (C=O) groups is 2. The summed E-state index contributed by atoms with van der Waals surface area (Å²) in [5.41, 5.74) is 3.30. The summed E-state index contributed by atoms with van der Waals surface area (Å²) >= 11 is 0. The van der Waals surface area contributed by atoms with Crippen LogP contribution >= 0.6 is 0 Å². The molecule has 39 heavy (non-hydrogen) atoms. The molecule has 0 aliphatic rings. The fourth-order valence-electron chi connectivity index (χ4n) is 4.09. The van der Waals surface area contributed by atoms with E-state index in [2.05, 4.69) is 5.32 Å². The van der Waals surface area contributed by atoms with E-state index >= 15 is 0 Å². The predicted octanol–water partition coefficient (Wildman–Crippen LogP) is 5.34. The number of hydrogen-bond donors (Lipinski definition) is 2. The molecule has 0 radical (unpaired) electrons. The van der Waals surface area contributed by atoms with Gasteiger partial charge in [0, 0.05) is 13.5 Å². The lowest BCUT2D eigenvalue weighted by Gasteiger charge is -2.20. The number of nitrogens with one attached hydrogen (secondary N) is 1. The van der Waals surface area contributed by atoms with E-state index in [1.165, 1.54) is 7.11 Å². The van der Waals surface area contributed by atoms with Crippen LogP contribution in [-0.2, 0) is 34.0 Å². The van der Waals surface area contributed by atoms with E-state index in [4.69, 9.17) is 14.2 Å². The zero-order chi connectivity index (χ0) is 27.5. The Kier molecular flexibility index (Phi) is 9.69. The van der Waals surface area contributed by atoms with Crippen LogP contribution in [0, 0.1) is 0 Å². The molecule has 0 saturated carbocycles. The predicted molar refractivity (Wildman–Crippen MR) is 147 cm³/mol. The Hall–Kier alpha value is -4.62. The van der Waals surface area contributed by atoms with Crippen molar-refractivity contribution in [3.63, 3.8) is 0 Å². The summed E-state index contributed by atoms with van der Waals surface area (Å²) in [5, 5.41) is 12.5. The number of benzene rings is 4. The summed E-state index contributed by atoms with van der Waals surface area (Å²) in [7, 11) is 1.41. The topological polar surface area (TPSA) is 94.1 Å². The molecule has 2 N–H and O–H groups in total. The Labute approximate surface area is 228 Å². The Bertz CT molecular complexity index is 1350. The van der Waals surface area contributed by atoms with Crippen molar-refractivity contribution < 1.29 is 28.9 Å². The van der Waals surface area contributed by atoms with E-state index < -0.39 is 24.0 Å². The van der Waals surface area contributed by atoms with Crippen LogP contribution in [0.5, 0.6) is 11.5 Å². The Morgan fingerprint density at radius 2 is 1.26 bits per heavy atom. The largest absolute Gasteiger partial charge is 0.485 e. The number of rotatable bonds is 13. The van der Waals surface area contributed by atoms with Crippen LogP contribution in [-0.4, -0.2) is 30.1 Å². The van der Waals surface area contributed by atoms with Gasteiger partial charge in [-0.15, -0.1) is 0 Å². The van der Waals surface area contributed by atoms with Gasteiger partial charge in [-0.25, -0.2) is 4.79 Å². The summed E-state index contributed by atoms with van der Waals surface area (Å²) < 4.78 is 17.5. The van der Waals surface area contributed by atoms with Crippen molar-refractivity contribution in [3.8, 4) is 11.5 Å². The Morgan fingerprint density at radius 3 is 1.79 bits per heavy atom. The number of carboxylic acid groups (broad SMARTS) is 1. The average Bonchev–Trinajstić information content (AvgIpc) is 2.97. The van der Waals surface area contributed by atoms with Crippen molar-refractivity contribution in [3.05, 3.63) is 131 Å². The maximum absolute atomic E-state index is 12.9. The minimum Gasteiger partial charge on any atom is -0.485 e. The molecule has 0 unspecified atom stereocenters. The normalized spacial score (nSPS) is 12.2. The quantitative estimate of drug-likeness (QED) is 0.245. The van der Waals surface area contributed by atoms with Crippen molar-refractivity contribution in [2.45, 2.75) is 31.8 Å². The van der Waals surface area contributed by atoms with Gasteiger partial charge in [-0.2, -0.15) is 0 Å². The SMILES string of the molecule is CO[C@@H](C(=O)N[C@@H](Cc1ccc(OCc2ccccc2)c(OCc2ccccc2)c1)C(=O)O)c1ccccc1. The highest BCUT2D eigenvalue weighted by Crippen LogP contribution is 2.31. The van der Waals surface area contributed by atoms with Crippen LogP contribution < -0.4 is 14.8 Å². The molecule has 4 rings (SSSR count). The smallest absolute Gasteiger partial charge is 0.326 e. The second kappa shape index (κ2) is 13.8. The minimum absolute atomic E-state index is 0.0486. The van der Waals surface area contributed by atoms with E-state index in [9.17, 15) is 14.7 Å². The molecule has 4 aromatic carbocycles. The molecule has 0 aromatic heterocycles. The van der Waals surface area contributed by atoms with Gasteiger partial charge in [-0.1, -0.05) is 97.1 Å². The highest BCUT2D eigenvalue weighted by Gasteiger charge is 2.27. The number of ether oxygens (including phenoxy) is 3. The van der Waals surface area contributed by atoms with Crippen molar-refractivity contribution in [1.29, 1.82) is 0 Å². The number of carboxylic acids is 1. The van der Waals surface area contributed by atoms with Crippen LogP contribution in [0.3, 0.4) is 0 Å². The molecule has 0 aliphatic carbocycles. The van der Waals surface area contributed by atoms with Gasteiger partial charge < -0.3 is 24.6 Å². The molecule has 7 nitrogen and oxygen atoms in total. The maximum atomic E-state index is 12.9. The van der Waals surface area contributed by atoms with Crippen molar-refractivity contribution >= 4 is 11.9 Å². The number of amides is 1. The highest BCUT2D eigenvalue weighted by atomic mass is 16.5. The summed E-state index contributed by atoms with van der Waals surface area (Å²) in [6, 6.07) is 32.6. The van der Waals surface area contributed by atoms with Gasteiger partial charge in [0.05, 0.1) is 0 Å². The van der Waals surface area contributed by atoms with E-state index in [-0.39, 0.29) is 6.42 Å². The van der Waals surface area contributed by atoms with E-state index in [0.717, 1.165) is 11.1 Å². The molecule has 2 atom stereocenters. The molecule has 0 heterocycles. The number of hydrogen-bond acceptors (Lipinski definition) is 5. The first-order valence-electron chi connectivity index (χ1n) is 12.6. The third-order valence-corrected chi connectivity index (χ3v) is 6.11. The van der Waals surface area contributed by atoms with Crippen LogP contribution in [0.15, 0.2) is 109 Å². The van der Waals surface area contributed by atoms with Gasteiger partial charge in [0.1, 0.15) is 19.3 Å². The second-order valence-corrected chi connectivity index (χ2v) is 8.96. The molecule has 1 amide bonds. The molecule has 7 heteroatoms. The fraction of sp³-hybridized carbons (Fsp3) is 0.188. The summed E-state index contributed by atoms with van der Waals surface area (Å²) in [6.45, 7) is 0.672. The first-order valence-corrected chi connectivity index (χ1v) is 12.6. The first-order chi connectivity index (χ1) is 19.0. The fourth-order valence-corrected chi connectivity index (χ4v) is 4.09. The third kappa shape index (κ3) is 7.93. The molecule has 0 fully saturated rings. The molecular formula is C32H31NO6. The second-order valence-electron chi connectivity index (χ2n) is 8.96. The lowest BCUT2D eigenvalue weighted by molar-refractivity contribution is -0.144. The van der Waals surface area contributed by atoms with Gasteiger partial charge >= 0.3 is 5.97 Å². The van der Waals surface area contributed by atoms with Crippen LogP contribution in [0.1, 0.15) is 28.4 Å². The van der Waals surface area contributed by atoms with Crippen molar-refractivity contribution in [2.24, 2.45) is 0 Å². The summed E-state index contributed by atoms with van der Waals surface area (Å²) in [6.07, 6.45) is -0.876. The molecule has 0 saturated heterocycles. The van der Waals surface area contributed by atoms with Crippen LogP contribution in [0.2, 0.25) is 0 Å².